The third-order valence-corrected chi connectivity index (χ3v) is 4.94. The fraction of sp³-hybridized carbons (Fsp3) is 0.136. The van der Waals surface area contributed by atoms with Crippen LogP contribution in [0.25, 0.3) is 5.57 Å². The number of allylic oxidation sites excluding steroid dienone is 1. The molecule has 2 aliphatic rings. The van der Waals surface area contributed by atoms with Crippen LogP contribution in [0.1, 0.15) is 21.5 Å². The van der Waals surface area contributed by atoms with Crippen LogP contribution in [-0.2, 0) is 0 Å². The van der Waals surface area contributed by atoms with Crippen LogP contribution in [0.5, 0.6) is 5.75 Å². The number of carboxylic acids is 1. The van der Waals surface area contributed by atoms with Crippen molar-refractivity contribution in [2.75, 3.05) is 19.4 Å². The summed E-state index contributed by atoms with van der Waals surface area (Å²) in [7, 11) is 3.83. The summed E-state index contributed by atoms with van der Waals surface area (Å²) in [5.74, 6) is -0.464. The molecule has 2 aromatic rings. The largest absolute Gasteiger partial charge is 0.545 e. The van der Waals surface area contributed by atoms with Crippen molar-refractivity contribution in [1.29, 1.82) is 0 Å². The number of carbonyl (C=O) groups excluding carboxylic acids is 1. The second kappa shape index (κ2) is 6.78. The van der Waals surface area contributed by atoms with Crippen molar-refractivity contribution in [3.05, 3.63) is 88.7 Å². The van der Waals surface area contributed by atoms with E-state index in [9.17, 15) is 9.90 Å². The lowest BCUT2D eigenvalue weighted by atomic mass is 9.84. The van der Waals surface area contributed by atoms with Crippen molar-refractivity contribution >= 4 is 17.2 Å². The minimum absolute atomic E-state index is 0.175. The Kier molecular flexibility index (Phi) is 4.30. The fourth-order valence-corrected chi connectivity index (χ4v) is 3.57. The van der Waals surface area contributed by atoms with Gasteiger partial charge in [-0.2, -0.15) is 0 Å². The van der Waals surface area contributed by atoms with E-state index in [0.717, 1.165) is 33.8 Å². The zero-order valence-corrected chi connectivity index (χ0v) is 15.2. The monoisotopic (exact) mass is 360 g/mol. The number of ether oxygens (including phenoxy) is 1. The van der Waals surface area contributed by atoms with Gasteiger partial charge >= 0.3 is 0 Å². The van der Waals surface area contributed by atoms with Crippen LogP contribution >= 0.6 is 0 Å². The Hall–Kier alpha value is -3.31. The SMILES string of the molecule is CNc1ccc2c(c1)OC1C=C([NH2+]C)C=CC1=C2c1ccccc1C(=O)[O-]. The summed E-state index contributed by atoms with van der Waals surface area (Å²) in [6, 6.07) is 12.8. The molecule has 1 unspecified atom stereocenters. The van der Waals surface area contributed by atoms with E-state index >= 15 is 0 Å². The first-order valence-electron chi connectivity index (χ1n) is 8.85. The number of fused-ring (bicyclic) bond motifs is 2. The molecule has 0 saturated heterocycles. The lowest BCUT2D eigenvalue weighted by Crippen LogP contribution is -2.77. The molecule has 5 heteroatoms. The van der Waals surface area contributed by atoms with Gasteiger partial charge in [0.25, 0.3) is 0 Å². The van der Waals surface area contributed by atoms with Gasteiger partial charge in [0.15, 0.2) is 0 Å². The molecule has 0 spiro atoms. The Morgan fingerprint density at radius 1 is 1.15 bits per heavy atom. The summed E-state index contributed by atoms with van der Waals surface area (Å²) >= 11 is 0. The number of benzene rings is 2. The highest BCUT2D eigenvalue weighted by molar-refractivity contribution is 5.99. The van der Waals surface area contributed by atoms with E-state index in [1.165, 1.54) is 0 Å². The Balaban J connectivity index is 2.00. The van der Waals surface area contributed by atoms with E-state index in [4.69, 9.17) is 4.74 Å². The average molecular weight is 360 g/mol. The van der Waals surface area contributed by atoms with Crippen molar-refractivity contribution < 1.29 is 20.0 Å². The number of quaternary nitrogens is 1. The van der Waals surface area contributed by atoms with Crippen molar-refractivity contribution in [2.24, 2.45) is 0 Å². The molecule has 0 saturated carbocycles. The number of aromatic carboxylic acids is 1. The van der Waals surface area contributed by atoms with Crippen LogP contribution in [0.3, 0.4) is 0 Å². The van der Waals surface area contributed by atoms with Gasteiger partial charge < -0.3 is 25.3 Å². The molecule has 0 aromatic heterocycles. The van der Waals surface area contributed by atoms with Gasteiger partial charge in [0.2, 0.25) is 0 Å². The lowest BCUT2D eigenvalue weighted by Gasteiger charge is -2.31. The number of rotatable bonds is 4. The smallest absolute Gasteiger partial charge is 0.149 e. The lowest BCUT2D eigenvalue weighted by molar-refractivity contribution is -0.571. The van der Waals surface area contributed by atoms with Crippen molar-refractivity contribution in [1.82, 2.24) is 0 Å². The zero-order valence-electron chi connectivity index (χ0n) is 15.2. The van der Waals surface area contributed by atoms with E-state index in [2.05, 4.69) is 5.32 Å². The zero-order chi connectivity index (χ0) is 19.0. The Labute approximate surface area is 157 Å². The molecule has 0 amide bonds. The number of anilines is 1. The van der Waals surface area contributed by atoms with Gasteiger partial charge in [-0.15, -0.1) is 0 Å². The maximum Gasteiger partial charge on any atom is 0.149 e. The third kappa shape index (κ3) is 2.92. The second-order valence-electron chi connectivity index (χ2n) is 6.45. The second-order valence-corrected chi connectivity index (χ2v) is 6.45. The van der Waals surface area contributed by atoms with E-state index in [1.54, 1.807) is 12.1 Å². The predicted octanol–water partition coefficient (Wildman–Crippen LogP) is 1.30. The number of carbonyl (C=O) groups is 1. The highest BCUT2D eigenvalue weighted by Crippen LogP contribution is 2.43. The van der Waals surface area contributed by atoms with Crippen molar-refractivity contribution in [2.45, 2.75) is 6.10 Å². The number of hydrogen-bond acceptors (Lipinski definition) is 4. The number of carboxylic acid groups (broad SMARTS) is 1. The number of hydrogen-bond donors (Lipinski definition) is 2. The van der Waals surface area contributed by atoms with Crippen LogP contribution in [0.4, 0.5) is 5.69 Å². The summed E-state index contributed by atoms with van der Waals surface area (Å²) in [6.45, 7) is 0. The highest BCUT2D eigenvalue weighted by Gasteiger charge is 2.30. The van der Waals surface area contributed by atoms with Crippen molar-refractivity contribution in [3.8, 4) is 5.75 Å². The van der Waals surface area contributed by atoms with Gasteiger partial charge in [0.1, 0.15) is 17.6 Å². The Bertz CT molecular complexity index is 1020. The molecular formula is C22H20N2O3. The van der Waals surface area contributed by atoms with Crippen LogP contribution in [-0.4, -0.2) is 26.2 Å². The minimum atomic E-state index is -1.19. The van der Waals surface area contributed by atoms with Gasteiger partial charge in [-0.1, -0.05) is 24.3 Å². The molecule has 0 bridgehead atoms. The molecule has 27 heavy (non-hydrogen) atoms. The topological polar surface area (TPSA) is 78.0 Å². The number of nitrogens with one attached hydrogen (secondary N) is 1. The molecule has 1 aliphatic heterocycles. The molecule has 1 atom stereocenters. The molecule has 3 N–H and O–H groups in total. The first-order valence-corrected chi connectivity index (χ1v) is 8.85. The Morgan fingerprint density at radius 2 is 1.96 bits per heavy atom. The van der Waals surface area contributed by atoms with Gasteiger partial charge in [0, 0.05) is 47.2 Å². The maximum atomic E-state index is 11.7. The maximum absolute atomic E-state index is 11.7. The molecule has 1 heterocycles. The molecule has 1 aliphatic carbocycles. The predicted molar refractivity (Wildman–Crippen MR) is 102 cm³/mol. The standard InChI is InChI=1S/C22H20N2O3/c1-23-13-7-9-17-19(11-13)27-20-12-14(24-2)8-10-18(20)21(17)15-5-3-4-6-16(15)22(25)26/h3-12,19,23-24H,1-2H3,(H,25,26). The summed E-state index contributed by atoms with van der Waals surface area (Å²) < 4.78 is 6.25. The Morgan fingerprint density at radius 3 is 2.70 bits per heavy atom. The van der Waals surface area contributed by atoms with E-state index in [0.29, 0.717) is 5.56 Å². The number of nitrogens with two attached hydrogens (primary N) is 1. The summed E-state index contributed by atoms with van der Waals surface area (Å²) in [5.41, 5.74) is 5.50. The third-order valence-electron chi connectivity index (χ3n) is 4.94. The summed E-state index contributed by atoms with van der Waals surface area (Å²) in [5, 5.41) is 16.9. The number of likely N-dealkylation sites (N-methyl/N-ethyl adjacent to an activating group) is 1. The summed E-state index contributed by atoms with van der Waals surface area (Å²) in [4.78, 5) is 11.7. The minimum Gasteiger partial charge on any atom is -0.545 e. The molecule has 0 radical (unpaired) electrons. The molecule has 2 aromatic carbocycles. The molecule has 4 rings (SSSR count). The highest BCUT2D eigenvalue weighted by atomic mass is 16.5. The first-order chi connectivity index (χ1) is 13.1. The van der Waals surface area contributed by atoms with E-state index in [1.807, 2.05) is 68.0 Å². The average Bonchev–Trinajstić information content (AvgIpc) is 2.71. The van der Waals surface area contributed by atoms with Crippen LogP contribution in [0.2, 0.25) is 0 Å². The van der Waals surface area contributed by atoms with E-state index < -0.39 is 5.97 Å². The van der Waals surface area contributed by atoms with Crippen molar-refractivity contribution in [3.63, 3.8) is 0 Å². The van der Waals surface area contributed by atoms with E-state index in [-0.39, 0.29) is 11.7 Å². The van der Waals surface area contributed by atoms with Gasteiger partial charge in [0.05, 0.1) is 13.0 Å². The van der Waals surface area contributed by atoms with Crippen LogP contribution in [0.15, 0.2) is 72.0 Å². The normalized spacial score (nSPS) is 17.6. The molecule has 0 fully saturated rings. The molecule has 5 nitrogen and oxygen atoms in total. The fourth-order valence-electron chi connectivity index (χ4n) is 3.57. The first kappa shape index (κ1) is 17.1. The van der Waals surface area contributed by atoms with Gasteiger partial charge in [-0.05, 0) is 29.8 Å². The molecule has 136 valence electrons. The van der Waals surface area contributed by atoms with Gasteiger partial charge in [-0.3, -0.25) is 0 Å². The molecular weight excluding hydrogens is 340 g/mol. The van der Waals surface area contributed by atoms with Crippen LogP contribution in [0, 0.1) is 0 Å². The van der Waals surface area contributed by atoms with Crippen LogP contribution < -0.4 is 20.5 Å². The summed E-state index contributed by atoms with van der Waals surface area (Å²) in [6.07, 6.45) is 5.80. The van der Waals surface area contributed by atoms with Gasteiger partial charge in [-0.25, -0.2) is 0 Å². The quantitative estimate of drug-likeness (QED) is 0.862.